The number of thiazole rings is 1. The zero-order valence-electron chi connectivity index (χ0n) is 14.0. The predicted octanol–water partition coefficient (Wildman–Crippen LogP) is 5.13. The average molecular weight is 372 g/mol. The van der Waals surface area contributed by atoms with E-state index in [-0.39, 0.29) is 0 Å². The van der Waals surface area contributed by atoms with Crippen LogP contribution in [0.5, 0.6) is 0 Å². The first-order chi connectivity index (χ1) is 13.2. The van der Waals surface area contributed by atoms with Gasteiger partial charge in [0.25, 0.3) is 0 Å². The van der Waals surface area contributed by atoms with Gasteiger partial charge in [-0.3, -0.25) is 0 Å². The summed E-state index contributed by atoms with van der Waals surface area (Å²) < 4.78 is 10.6. The third-order valence-electron chi connectivity index (χ3n) is 3.84. The van der Waals surface area contributed by atoms with E-state index < -0.39 is 5.63 Å². The molecule has 5 nitrogen and oxygen atoms in total. The number of rotatable bonds is 4. The zero-order chi connectivity index (χ0) is 18.6. The molecule has 27 heavy (non-hydrogen) atoms. The van der Waals surface area contributed by atoms with Crippen molar-refractivity contribution in [3.8, 4) is 17.3 Å². The fraction of sp³-hybridized carbons (Fsp3) is 0. The van der Waals surface area contributed by atoms with Crippen LogP contribution in [-0.2, 0) is 0 Å². The third-order valence-corrected chi connectivity index (χ3v) is 4.71. The Morgan fingerprint density at radius 1 is 1.22 bits per heavy atom. The molecule has 3 heterocycles. The Kier molecular flexibility index (Phi) is 4.52. The summed E-state index contributed by atoms with van der Waals surface area (Å²) in [6, 6.07) is 14.8. The van der Waals surface area contributed by atoms with Gasteiger partial charge in [-0.25, -0.2) is 9.78 Å². The van der Waals surface area contributed by atoms with Gasteiger partial charge in [0, 0.05) is 10.8 Å². The highest BCUT2D eigenvalue weighted by Crippen LogP contribution is 2.26. The van der Waals surface area contributed by atoms with Gasteiger partial charge < -0.3 is 8.83 Å². The van der Waals surface area contributed by atoms with E-state index >= 15 is 0 Å². The van der Waals surface area contributed by atoms with E-state index in [1.54, 1.807) is 48.1 Å². The molecule has 0 atom stereocenters. The third kappa shape index (κ3) is 3.50. The summed E-state index contributed by atoms with van der Waals surface area (Å²) >= 11 is 1.30. The molecule has 4 rings (SSSR count). The molecular formula is C21H12N2O3S. The van der Waals surface area contributed by atoms with Crippen molar-refractivity contribution in [2.45, 2.75) is 0 Å². The number of allylic oxidation sites excluding steroid dienone is 3. The quantitative estimate of drug-likeness (QED) is 0.282. The van der Waals surface area contributed by atoms with Crippen LogP contribution in [0, 0.1) is 11.3 Å². The number of furan rings is 1. The maximum absolute atomic E-state index is 12.3. The Hall–Kier alpha value is -3.69. The Morgan fingerprint density at radius 3 is 2.93 bits per heavy atom. The number of hydrogen-bond acceptors (Lipinski definition) is 6. The van der Waals surface area contributed by atoms with Gasteiger partial charge in [-0.1, -0.05) is 24.3 Å². The van der Waals surface area contributed by atoms with Gasteiger partial charge in [0.2, 0.25) is 0 Å². The normalized spacial score (nSPS) is 11.9. The second-order valence-electron chi connectivity index (χ2n) is 5.59. The molecule has 0 aliphatic carbocycles. The molecular weight excluding hydrogens is 360 g/mol. The number of aromatic nitrogens is 1. The molecule has 0 spiro atoms. The molecule has 4 aromatic rings. The van der Waals surface area contributed by atoms with Crippen molar-refractivity contribution < 1.29 is 8.83 Å². The molecule has 0 aliphatic rings. The first kappa shape index (κ1) is 16.8. The summed E-state index contributed by atoms with van der Waals surface area (Å²) in [6.45, 7) is 0. The van der Waals surface area contributed by atoms with Crippen molar-refractivity contribution in [1.29, 1.82) is 5.26 Å². The van der Waals surface area contributed by atoms with Crippen LogP contribution in [0.25, 0.3) is 33.9 Å². The number of benzene rings is 1. The van der Waals surface area contributed by atoms with Gasteiger partial charge in [0.1, 0.15) is 22.4 Å². The lowest BCUT2D eigenvalue weighted by atomic mass is 10.1. The number of fused-ring (bicyclic) bond motifs is 1. The van der Waals surface area contributed by atoms with E-state index in [2.05, 4.69) is 11.1 Å². The highest BCUT2D eigenvalue weighted by atomic mass is 32.1. The van der Waals surface area contributed by atoms with Crippen molar-refractivity contribution in [1.82, 2.24) is 4.98 Å². The maximum Gasteiger partial charge on any atom is 0.345 e. The van der Waals surface area contributed by atoms with Gasteiger partial charge in [0.15, 0.2) is 0 Å². The van der Waals surface area contributed by atoms with Crippen LogP contribution < -0.4 is 5.63 Å². The molecule has 0 radical (unpaired) electrons. The minimum Gasteiger partial charge on any atom is -0.465 e. The monoisotopic (exact) mass is 372 g/mol. The SMILES string of the molecule is N#C/C(=C/C=C/c1ccco1)c1nc(-c2cc3ccccc3oc2=O)cs1. The van der Waals surface area contributed by atoms with Crippen LogP contribution in [0.1, 0.15) is 10.8 Å². The van der Waals surface area contributed by atoms with Crippen molar-refractivity contribution in [2.24, 2.45) is 0 Å². The number of hydrogen-bond donors (Lipinski definition) is 0. The summed E-state index contributed by atoms with van der Waals surface area (Å²) in [5.74, 6) is 0.692. The smallest absolute Gasteiger partial charge is 0.345 e. The van der Waals surface area contributed by atoms with Crippen molar-refractivity contribution in [2.75, 3.05) is 0 Å². The first-order valence-electron chi connectivity index (χ1n) is 8.06. The molecule has 6 heteroatoms. The largest absolute Gasteiger partial charge is 0.465 e. The van der Waals surface area contributed by atoms with Crippen LogP contribution in [0.15, 0.2) is 79.9 Å². The molecule has 130 valence electrons. The molecule has 0 N–H and O–H groups in total. The van der Waals surface area contributed by atoms with Gasteiger partial charge >= 0.3 is 5.63 Å². The van der Waals surface area contributed by atoms with E-state index in [0.29, 0.717) is 33.2 Å². The topological polar surface area (TPSA) is 80.0 Å². The average Bonchev–Trinajstić information content (AvgIpc) is 3.37. The Morgan fingerprint density at radius 2 is 2.11 bits per heavy atom. The second kappa shape index (κ2) is 7.28. The van der Waals surface area contributed by atoms with Gasteiger partial charge in [0.05, 0.1) is 23.1 Å². The number of nitriles is 1. The van der Waals surface area contributed by atoms with Crippen LogP contribution in [-0.4, -0.2) is 4.98 Å². The van der Waals surface area contributed by atoms with Gasteiger partial charge in [-0.15, -0.1) is 11.3 Å². The van der Waals surface area contributed by atoms with Crippen LogP contribution in [0.4, 0.5) is 0 Å². The molecule has 0 saturated heterocycles. The zero-order valence-corrected chi connectivity index (χ0v) is 14.8. The van der Waals surface area contributed by atoms with E-state index in [1.165, 1.54) is 11.3 Å². The van der Waals surface area contributed by atoms with Crippen molar-refractivity contribution in [3.63, 3.8) is 0 Å². The van der Waals surface area contributed by atoms with Crippen LogP contribution in [0.2, 0.25) is 0 Å². The number of nitrogens with zero attached hydrogens (tertiary/aromatic N) is 2. The summed E-state index contributed by atoms with van der Waals surface area (Å²) in [7, 11) is 0. The highest BCUT2D eigenvalue weighted by molar-refractivity contribution is 7.11. The van der Waals surface area contributed by atoms with Crippen molar-refractivity contribution in [3.05, 3.63) is 87.4 Å². The summed E-state index contributed by atoms with van der Waals surface area (Å²) in [4.78, 5) is 16.7. The number of para-hydroxylation sites is 1. The Bertz CT molecular complexity index is 1250. The fourth-order valence-corrected chi connectivity index (χ4v) is 3.34. The van der Waals surface area contributed by atoms with Crippen LogP contribution in [0.3, 0.4) is 0 Å². The van der Waals surface area contributed by atoms with Gasteiger partial charge in [-0.2, -0.15) is 5.26 Å². The minimum absolute atomic E-state index is 0.375. The minimum atomic E-state index is -0.453. The molecule has 3 aromatic heterocycles. The van der Waals surface area contributed by atoms with Crippen LogP contribution >= 0.6 is 11.3 Å². The Balaban J connectivity index is 1.67. The van der Waals surface area contributed by atoms with E-state index in [4.69, 9.17) is 8.83 Å². The predicted molar refractivity (Wildman–Crippen MR) is 105 cm³/mol. The molecule has 0 bridgehead atoms. The van der Waals surface area contributed by atoms with Crippen molar-refractivity contribution >= 4 is 34.0 Å². The molecule has 0 aliphatic heterocycles. The lowest BCUT2D eigenvalue weighted by Gasteiger charge is -1.99. The Labute approximate surface area is 158 Å². The van der Waals surface area contributed by atoms with E-state index in [9.17, 15) is 10.1 Å². The highest BCUT2D eigenvalue weighted by Gasteiger charge is 2.13. The van der Waals surface area contributed by atoms with E-state index in [0.717, 1.165) is 5.39 Å². The molecule has 1 aromatic carbocycles. The summed E-state index contributed by atoms with van der Waals surface area (Å²) in [5, 5.41) is 12.5. The molecule has 0 amide bonds. The molecule has 0 fully saturated rings. The molecule has 0 saturated carbocycles. The lowest BCUT2D eigenvalue weighted by Crippen LogP contribution is -2.02. The standard InChI is InChI=1S/C21H12N2O3S/c22-12-15(6-3-7-16-8-4-10-25-16)20-23-18(13-27-20)17-11-14-5-1-2-9-19(14)26-21(17)24/h1-11,13H/b7-3+,15-6-. The maximum atomic E-state index is 12.3. The first-order valence-corrected chi connectivity index (χ1v) is 8.94. The lowest BCUT2D eigenvalue weighted by molar-refractivity contribution is 0.557. The summed E-state index contributed by atoms with van der Waals surface area (Å²) in [5.41, 5.74) is 1.35. The second-order valence-corrected chi connectivity index (χ2v) is 6.45. The molecule has 0 unspecified atom stereocenters. The summed E-state index contributed by atoms with van der Waals surface area (Å²) in [6.07, 6.45) is 6.72. The van der Waals surface area contributed by atoms with E-state index in [1.807, 2.05) is 24.3 Å². The fourth-order valence-electron chi connectivity index (χ4n) is 2.54. The van der Waals surface area contributed by atoms with Gasteiger partial charge in [-0.05, 0) is 36.4 Å².